The number of hydrogen-bond acceptors (Lipinski definition) is 2. The van der Waals surface area contributed by atoms with Crippen LogP contribution in [0, 0.1) is 5.82 Å². The molecule has 1 rings (SSSR count). The van der Waals surface area contributed by atoms with Gasteiger partial charge in [-0.15, -0.1) is 0 Å². The zero-order valence-electron chi connectivity index (χ0n) is 9.54. The number of halogens is 2. The van der Waals surface area contributed by atoms with Gasteiger partial charge in [0.15, 0.2) is 0 Å². The molecule has 90 valence electrons. The molecule has 4 heteroatoms. The summed E-state index contributed by atoms with van der Waals surface area (Å²) in [6.45, 7) is 4.41. The van der Waals surface area contributed by atoms with Gasteiger partial charge in [0.1, 0.15) is 5.82 Å². The van der Waals surface area contributed by atoms with E-state index in [0.717, 1.165) is 5.56 Å². The SMILES string of the molecule is CC(C)OCC(N)Cc1cccc(F)c1Br. The molecule has 2 N–H and O–H groups in total. The molecule has 16 heavy (non-hydrogen) atoms. The minimum atomic E-state index is -0.255. The summed E-state index contributed by atoms with van der Waals surface area (Å²) in [7, 11) is 0. The van der Waals surface area contributed by atoms with E-state index in [4.69, 9.17) is 10.5 Å². The number of nitrogens with two attached hydrogens (primary N) is 1. The van der Waals surface area contributed by atoms with Gasteiger partial charge in [0, 0.05) is 6.04 Å². The van der Waals surface area contributed by atoms with Crippen molar-refractivity contribution in [2.45, 2.75) is 32.4 Å². The zero-order valence-corrected chi connectivity index (χ0v) is 11.1. The van der Waals surface area contributed by atoms with E-state index >= 15 is 0 Å². The van der Waals surface area contributed by atoms with Crippen LogP contribution < -0.4 is 5.73 Å². The Hall–Kier alpha value is -0.450. The van der Waals surface area contributed by atoms with Crippen LogP contribution in [0.4, 0.5) is 4.39 Å². The molecule has 0 aliphatic rings. The maximum absolute atomic E-state index is 13.2. The van der Waals surface area contributed by atoms with Crippen LogP contribution in [-0.2, 0) is 11.2 Å². The Bertz CT molecular complexity index is 344. The van der Waals surface area contributed by atoms with Crippen LogP contribution in [0.2, 0.25) is 0 Å². The summed E-state index contributed by atoms with van der Waals surface area (Å²) in [5.74, 6) is -0.255. The predicted molar refractivity (Wildman–Crippen MR) is 66.9 cm³/mol. The van der Waals surface area contributed by atoms with Crippen molar-refractivity contribution in [1.82, 2.24) is 0 Å². The lowest BCUT2D eigenvalue weighted by atomic mass is 10.1. The average Bonchev–Trinajstić information content (AvgIpc) is 2.22. The fourth-order valence-corrected chi connectivity index (χ4v) is 1.79. The predicted octanol–water partition coefficient (Wildman–Crippen LogP) is 2.88. The molecular formula is C12H17BrFNO. The van der Waals surface area contributed by atoms with Crippen molar-refractivity contribution in [3.8, 4) is 0 Å². The Labute approximate surface area is 104 Å². The first-order chi connectivity index (χ1) is 7.50. The van der Waals surface area contributed by atoms with E-state index in [0.29, 0.717) is 17.5 Å². The first-order valence-corrected chi connectivity index (χ1v) is 6.10. The Morgan fingerprint density at radius 3 is 2.75 bits per heavy atom. The van der Waals surface area contributed by atoms with Crippen molar-refractivity contribution in [1.29, 1.82) is 0 Å². The van der Waals surface area contributed by atoms with E-state index in [1.165, 1.54) is 6.07 Å². The smallest absolute Gasteiger partial charge is 0.137 e. The summed E-state index contributed by atoms with van der Waals surface area (Å²) in [5, 5.41) is 0. The largest absolute Gasteiger partial charge is 0.377 e. The molecule has 0 aromatic heterocycles. The van der Waals surface area contributed by atoms with Crippen LogP contribution in [-0.4, -0.2) is 18.8 Å². The normalized spacial score (nSPS) is 13.1. The minimum Gasteiger partial charge on any atom is -0.377 e. The van der Waals surface area contributed by atoms with Crippen molar-refractivity contribution in [2.75, 3.05) is 6.61 Å². The molecule has 0 heterocycles. The second kappa shape index (κ2) is 6.33. The molecule has 0 radical (unpaired) electrons. The summed E-state index contributed by atoms with van der Waals surface area (Å²) < 4.78 is 19.1. The van der Waals surface area contributed by atoms with E-state index in [9.17, 15) is 4.39 Å². The number of ether oxygens (including phenoxy) is 1. The van der Waals surface area contributed by atoms with Gasteiger partial charge >= 0.3 is 0 Å². The molecule has 1 atom stereocenters. The fourth-order valence-electron chi connectivity index (χ4n) is 1.36. The molecule has 0 spiro atoms. The van der Waals surface area contributed by atoms with Crippen molar-refractivity contribution < 1.29 is 9.13 Å². The molecule has 1 aromatic rings. The van der Waals surface area contributed by atoms with Crippen molar-refractivity contribution >= 4 is 15.9 Å². The Kier molecular flexibility index (Phi) is 5.38. The minimum absolute atomic E-state index is 0.111. The molecule has 0 saturated heterocycles. The van der Waals surface area contributed by atoms with E-state index in [-0.39, 0.29) is 18.0 Å². The Morgan fingerprint density at radius 1 is 1.44 bits per heavy atom. The summed E-state index contributed by atoms with van der Waals surface area (Å²) >= 11 is 3.22. The lowest BCUT2D eigenvalue weighted by molar-refractivity contribution is 0.0683. The van der Waals surface area contributed by atoms with Gasteiger partial charge in [0.2, 0.25) is 0 Å². The van der Waals surface area contributed by atoms with Gasteiger partial charge in [0.25, 0.3) is 0 Å². The van der Waals surface area contributed by atoms with Crippen LogP contribution in [0.3, 0.4) is 0 Å². The van der Waals surface area contributed by atoms with E-state index in [2.05, 4.69) is 15.9 Å². The van der Waals surface area contributed by atoms with Gasteiger partial charge in [-0.25, -0.2) is 4.39 Å². The molecule has 0 aliphatic heterocycles. The Morgan fingerprint density at radius 2 is 2.12 bits per heavy atom. The lowest BCUT2D eigenvalue weighted by Gasteiger charge is -2.15. The zero-order chi connectivity index (χ0) is 12.1. The maximum Gasteiger partial charge on any atom is 0.137 e. The van der Waals surface area contributed by atoms with Crippen molar-refractivity contribution in [2.24, 2.45) is 5.73 Å². The van der Waals surface area contributed by atoms with Crippen LogP contribution in [0.5, 0.6) is 0 Å². The van der Waals surface area contributed by atoms with Crippen molar-refractivity contribution in [3.63, 3.8) is 0 Å². The highest BCUT2D eigenvalue weighted by Crippen LogP contribution is 2.21. The maximum atomic E-state index is 13.2. The van der Waals surface area contributed by atoms with Gasteiger partial charge in [0.05, 0.1) is 17.2 Å². The second-order valence-corrected chi connectivity index (χ2v) is 4.85. The molecule has 0 bridgehead atoms. The first-order valence-electron chi connectivity index (χ1n) is 5.30. The van der Waals surface area contributed by atoms with Gasteiger partial charge in [-0.1, -0.05) is 12.1 Å². The molecule has 0 aliphatic carbocycles. The monoisotopic (exact) mass is 289 g/mol. The average molecular weight is 290 g/mol. The molecule has 1 unspecified atom stereocenters. The van der Waals surface area contributed by atoms with Crippen molar-refractivity contribution in [3.05, 3.63) is 34.1 Å². The van der Waals surface area contributed by atoms with E-state index in [1.807, 2.05) is 19.9 Å². The highest BCUT2D eigenvalue weighted by atomic mass is 79.9. The summed E-state index contributed by atoms with van der Waals surface area (Å²) in [6, 6.07) is 4.86. The Balaban J connectivity index is 2.56. The van der Waals surface area contributed by atoms with Crippen LogP contribution >= 0.6 is 15.9 Å². The van der Waals surface area contributed by atoms with Crippen LogP contribution in [0.1, 0.15) is 19.4 Å². The van der Waals surface area contributed by atoms with Gasteiger partial charge < -0.3 is 10.5 Å². The van der Waals surface area contributed by atoms with Gasteiger partial charge in [-0.05, 0) is 47.8 Å². The number of benzene rings is 1. The summed E-state index contributed by atoms with van der Waals surface area (Å²) in [6.07, 6.45) is 0.771. The third-order valence-corrected chi connectivity index (χ3v) is 3.05. The number of rotatable bonds is 5. The van der Waals surface area contributed by atoms with Gasteiger partial charge in [-0.3, -0.25) is 0 Å². The first kappa shape index (κ1) is 13.6. The standard InChI is InChI=1S/C12H17BrFNO/c1-8(2)16-7-10(15)6-9-4-3-5-11(14)12(9)13/h3-5,8,10H,6-7,15H2,1-2H3. The second-order valence-electron chi connectivity index (χ2n) is 4.06. The topological polar surface area (TPSA) is 35.2 Å². The molecule has 1 aromatic carbocycles. The molecule has 0 amide bonds. The van der Waals surface area contributed by atoms with E-state index < -0.39 is 0 Å². The molecule has 0 fully saturated rings. The fraction of sp³-hybridized carbons (Fsp3) is 0.500. The van der Waals surface area contributed by atoms with E-state index in [1.54, 1.807) is 6.07 Å². The quantitative estimate of drug-likeness (QED) is 0.905. The third-order valence-electron chi connectivity index (χ3n) is 2.16. The van der Waals surface area contributed by atoms with Crippen LogP contribution in [0.15, 0.2) is 22.7 Å². The molecule has 2 nitrogen and oxygen atoms in total. The molecule has 0 saturated carbocycles. The highest BCUT2D eigenvalue weighted by Gasteiger charge is 2.10. The van der Waals surface area contributed by atoms with Gasteiger partial charge in [-0.2, -0.15) is 0 Å². The summed E-state index contributed by atoms with van der Waals surface area (Å²) in [4.78, 5) is 0. The highest BCUT2D eigenvalue weighted by molar-refractivity contribution is 9.10. The summed E-state index contributed by atoms with van der Waals surface area (Å²) in [5.41, 5.74) is 6.78. The molecular weight excluding hydrogens is 273 g/mol. The van der Waals surface area contributed by atoms with Crippen LogP contribution in [0.25, 0.3) is 0 Å². The third kappa shape index (κ3) is 4.20. The lowest BCUT2D eigenvalue weighted by Crippen LogP contribution is -2.30. The number of hydrogen-bond donors (Lipinski definition) is 1.